The lowest BCUT2D eigenvalue weighted by atomic mass is 10.0. The quantitative estimate of drug-likeness (QED) is 0.507. The van der Waals surface area contributed by atoms with Gasteiger partial charge in [-0.15, -0.1) is 0 Å². The Kier molecular flexibility index (Phi) is 4.62. The second-order valence-electron chi connectivity index (χ2n) is 5.46. The van der Waals surface area contributed by atoms with Crippen LogP contribution in [0, 0.1) is 6.92 Å². The summed E-state index contributed by atoms with van der Waals surface area (Å²) in [6.07, 6.45) is 0. The molecule has 0 radical (unpaired) electrons. The maximum atomic E-state index is 12.4. The van der Waals surface area contributed by atoms with Gasteiger partial charge in [-0.3, -0.25) is 0 Å². The van der Waals surface area contributed by atoms with Gasteiger partial charge in [-0.05, 0) is 53.9 Å². The van der Waals surface area contributed by atoms with Crippen LogP contribution in [0.25, 0.3) is 11.1 Å². The van der Waals surface area contributed by atoms with E-state index in [2.05, 4.69) is 0 Å². The summed E-state index contributed by atoms with van der Waals surface area (Å²) in [5.41, 5.74) is 3.42. The van der Waals surface area contributed by atoms with Gasteiger partial charge in [0.25, 0.3) is 0 Å². The van der Waals surface area contributed by atoms with E-state index in [9.17, 15) is 4.79 Å². The molecule has 0 aliphatic carbocycles. The molecule has 0 aliphatic rings. The molecule has 0 fully saturated rings. The molecular weight excluding hydrogens is 300 g/mol. The first-order valence-electron chi connectivity index (χ1n) is 7.69. The monoisotopic (exact) mass is 318 g/mol. The zero-order valence-corrected chi connectivity index (χ0v) is 13.7. The lowest BCUT2D eigenvalue weighted by Crippen LogP contribution is -2.09. The Bertz CT molecular complexity index is 851. The molecule has 3 heteroatoms. The van der Waals surface area contributed by atoms with E-state index >= 15 is 0 Å². The molecular formula is C21H18O3. The second kappa shape index (κ2) is 7.01. The Morgan fingerprint density at radius 3 is 2.29 bits per heavy atom. The topological polar surface area (TPSA) is 35.5 Å². The van der Waals surface area contributed by atoms with Gasteiger partial charge in [0.15, 0.2) is 0 Å². The Morgan fingerprint density at radius 2 is 1.58 bits per heavy atom. The van der Waals surface area contributed by atoms with Crippen LogP contribution >= 0.6 is 0 Å². The van der Waals surface area contributed by atoms with Gasteiger partial charge in [0.1, 0.15) is 11.5 Å². The number of aryl methyl sites for hydroxylation is 1. The summed E-state index contributed by atoms with van der Waals surface area (Å²) in [5.74, 6) is 1.02. The fraction of sp³-hybridized carbons (Fsp3) is 0.0952. The Hall–Kier alpha value is -3.07. The molecule has 3 nitrogen and oxygen atoms in total. The van der Waals surface area contributed by atoms with Gasteiger partial charge in [-0.1, -0.05) is 42.5 Å². The molecule has 24 heavy (non-hydrogen) atoms. The zero-order chi connectivity index (χ0) is 16.9. The van der Waals surface area contributed by atoms with Crippen molar-refractivity contribution in [1.29, 1.82) is 0 Å². The Labute approximate surface area is 141 Å². The minimum atomic E-state index is -0.361. The van der Waals surface area contributed by atoms with Crippen molar-refractivity contribution in [2.24, 2.45) is 0 Å². The highest BCUT2D eigenvalue weighted by Gasteiger charge is 2.11. The van der Waals surface area contributed by atoms with Gasteiger partial charge in [-0.2, -0.15) is 0 Å². The van der Waals surface area contributed by atoms with Gasteiger partial charge in [0.05, 0.1) is 12.7 Å². The summed E-state index contributed by atoms with van der Waals surface area (Å²) < 4.78 is 10.7. The highest BCUT2D eigenvalue weighted by atomic mass is 16.5. The minimum Gasteiger partial charge on any atom is -0.497 e. The summed E-state index contributed by atoms with van der Waals surface area (Å²) in [6.45, 7) is 1.91. The summed E-state index contributed by atoms with van der Waals surface area (Å²) >= 11 is 0. The van der Waals surface area contributed by atoms with Crippen molar-refractivity contribution in [2.75, 3.05) is 7.11 Å². The lowest BCUT2D eigenvalue weighted by molar-refractivity contribution is 0.0733. The second-order valence-corrected chi connectivity index (χ2v) is 5.46. The molecule has 0 N–H and O–H groups in total. The van der Waals surface area contributed by atoms with E-state index in [4.69, 9.17) is 9.47 Å². The Balaban J connectivity index is 1.84. The number of methoxy groups -OCH3 is 1. The summed E-state index contributed by atoms with van der Waals surface area (Å²) in [4.78, 5) is 12.4. The minimum absolute atomic E-state index is 0.361. The van der Waals surface area contributed by atoms with Crippen molar-refractivity contribution >= 4 is 5.97 Å². The Morgan fingerprint density at radius 1 is 0.833 bits per heavy atom. The van der Waals surface area contributed by atoms with Gasteiger partial charge in [-0.25, -0.2) is 4.79 Å². The van der Waals surface area contributed by atoms with E-state index in [1.165, 1.54) is 0 Å². The van der Waals surface area contributed by atoms with E-state index in [0.717, 1.165) is 22.4 Å². The molecule has 0 amide bonds. The van der Waals surface area contributed by atoms with E-state index in [0.29, 0.717) is 11.3 Å². The third kappa shape index (κ3) is 3.46. The van der Waals surface area contributed by atoms with Crippen LogP contribution < -0.4 is 9.47 Å². The summed E-state index contributed by atoms with van der Waals surface area (Å²) in [6, 6.07) is 22.6. The number of hydrogen-bond donors (Lipinski definition) is 0. The standard InChI is InChI=1S/C21H18O3/c1-15-6-3-4-9-20(15)24-21(22)18-8-5-7-17(14-18)16-10-12-19(23-2)13-11-16/h3-14H,1-2H3. The third-order valence-corrected chi connectivity index (χ3v) is 3.82. The molecule has 120 valence electrons. The van der Waals surface area contributed by atoms with Crippen LogP contribution in [-0.2, 0) is 0 Å². The predicted octanol–water partition coefficient (Wildman–Crippen LogP) is 4.89. The number of ether oxygens (including phenoxy) is 2. The molecule has 0 aliphatic heterocycles. The first kappa shape index (κ1) is 15.8. The van der Waals surface area contributed by atoms with Gasteiger partial charge < -0.3 is 9.47 Å². The number of benzene rings is 3. The van der Waals surface area contributed by atoms with E-state index < -0.39 is 0 Å². The summed E-state index contributed by atoms with van der Waals surface area (Å²) in [5, 5.41) is 0. The van der Waals surface area contributed by atoms with E-state index in [1.54, 1.807) is 19.2 Å². The van der Waals surface area contributed by atoms with Crippen LogP contribution in [0.2, 0.25) is 0 Å². The fourth-order valence-corrected chi connectivity index (χ4v) is 2.44. The molecule has 0 atom stereocenters. The van der Waals surface area contributed by atoms with Crippen molar-refractivity contribution in [2.45, 2.75) is 6.92 Å². The number of carbonyl (C=O) groups is 1. The molecule has 3 aromatic rings. The van der Waals surface area contributed by atoms with Crippen LogP contribution in [0.1, 0.15) is 15.9 Å². The van der Waals surface area contributed by atoms with Gasteiger partial charge in [0.2, 0.25) is 0 Å². The molecule has 3 aromatic carbocycles. The maximum Gasteiger partial charge on any atom is 0.343 e. The van der Waals surface area contributed by atoms with Crippen molar-refractivity contribution < 1.29 is 14.3 Å². The van der Waals surface area contributed by atoms with Gasteiger partial charge >= 0.3 is 5.97 Å². The molecule has 0 bridgehead atoms. The van der Waals surface area contributed by atoms with Crippen LogP contribution in [-0.4, -0.2) is 13.1 Å². The van der Waals surface area contributed by atoms with Crippen LogP contribution in [0.3, 0.4) is 0 Å². The molecule has 0 aromatic heterocycles. The van der Waals surface area contributed by atoms with E-state index in [1.807, 2.05) is 67.6 Å². The lowest BCUT2D eigenvalue weighted by Gasteiger charge is -2.09. The third-order valence-electron chi connectivity index (χ3n) is 3.82. The first-order valence-corrected chi connectivity index (χ1v) is 7.69. The smallest absolute Gasteiger partial charge is 0.343 e. The largest absolute Gasteiger partial charge is 0.497 e. The first-order chi connectivity index (χ1) is 11.7. The molecule has 0 heterocycles. The van der Waals surface area contributed by atoms with Crippen LogP contribution in [0.15, 0.2) is 72.8 Å². The number of hydrogen-bond acceptors (Lipinski definition) is 3. The van der Waals surface area contributed by atoms with Crippen molar-refractivity contribution in [3.8, 4) is 22.6 Å². The summed E-state index contributed by atoms with van der Waals surface area (Å²) in [7, 11) is 1.64. The number of carbonyl (C=O) groups excluding carboxylic acids is 1. The number of rotatable bonds is 4. The van der Waals surface area contributed by atoms with Crippen molar-refractivity contribution in [1.82, 2.24) is 0 Å². The molecule has 0 saturated carbocycles. The maximum absolute atomic E-state index is 12.4. The SMILES string of the molecule is COc1ccc(-c2cccc(C(=O)Oc3ccccc3C)c2)cc1. The van der Waals surface area contributed by atoms with Crippen molar-refractivity contribution in [3.05, 3.63) is 83.9 Å². The van der Waals surface area contributed by atoms with Crippen LogP contribution in [0.5, 0.6) is 11.5 Å². The molecule has 0 saturated heterocycles. The average Bonchev–Trinajstić information content (AvgIpc) is 2.64. The van der Waals surface area contributed by atoms with Crippen LogP contribution in [0.4, 0.5) is 0 Å². The fourth-order valence-electron chi connectivity index (χ4n) is 2.44. The number of para-hydroxylation sites is 1. The van der Waals surface area contributed by atoms with Gasteiger partial charge in [0, 0.05) is 0 Å². The van der Waals surface area contributed by atoms with E-state index in [-0.39, 0.29) is 5.97 Å². The molecule has 0 unspecified atom stereocenters. The van der Waals surface area contributed by atoms with Crippen molar-refractivity contribution in [3.63, 3.8) is 0 Å². The zero-order valence-electron chi connectivity index (χ0n) is 13.7. The predicted molar refractivity (Wildman–Crippen MR) is 94.6 cm³/mol. The normalized spacial score (nSPS) is 10.2. The number of esters is 1. The average molecular weight is 318 g/mol. The highest BCUT2D eigenvalue weighted by molar-refractivity contribution is 5.92. The highest BCUT2D eigenvalue weighted by Crippen LogP contribution is 2.24. The molecule has 3 rings (SSSR count). The molecule has 0 spiro atoms.